The van der Waals surface area contributed by atoms with Crippen molar-refractivity contribution in [3.8, 4) is 18.1 Å². The molecule has 0 amide bonds. The van der Waals surface area contributed by atoms with Crippen LogP contribution in [0.15, 0.2) is 24.3 Å². The number of hydrogen-bond acceptors (Lipinski definition) is 4. The minimum absolute atomic E-state index is 0.0340. The smallest absolute Gasteiger partial charge is 0.215 e. The average Bonchev–Trinajstić information content (AvgIpc) is 2.31. The fourth-order valence-electron chi connectivity index (χ4n) is 1.46. The molecule has 19 heavy (non-hydrogen) atoms. The molecule has 1 rings (SSSR count). The molecule has 0 heterocycles. The minimum Gasteiger partial charge on any atom is -0.490 e. The second kappa shape index (κ2) is 7.02. The number of anilines is 1. The van der Waals surface area contributed by atoms with Gasteiger partial charge in [0.05, 0.1) is 11.4 Å². The Morgan fingerprint density at radius 2 is 2.16 bits per heavy atom. The van der Waals surface area contributed by atoms with Crippen molar-refractivity contribution in [1.82, 2.24) is 4.72 Å². The van der Waals surface area contributed by atoms with Crippen molar-refractivity contribution >= 4 is 15.7 Å². The number of nitrogen functional groups attached to an aromatic ring is 1. The van der Waals surface area contributed by atoms with E-state index in [-0.39, 0.29) is 18.4 Å². The molecule has 1 atom stereocenters. The van der Waals surface area contributed by atoms with Gasteiger partial charge in [0.2, 0.25) is 10.0 Å². The molecule has 0 aromatic heterocycles. The first kappa shape index (κ1) is 15.3. The first-order chi connectivity index (χ1) is 8.94. The van der Waals surface area contributed by atoms with Gasteiger partial charge in [-0.3, -0.25) is 0 Å². The predicted molar refractivity (Wildman–Crippen MR) is 76.2 cm³/mol. The molecule has 0 saturated heterocycles. The van der Waals surface area contributed by atoms with Crippen LogP contribution in [-0.2, 0) is 10.0 Å². The van der Waals surface area contributed by atoms with Crippen LogP contribution in [0.1, 0.15) is 13.3 Å². The Morgan fingerprint density at radius 3 is 2.79 bits per heavy atom. The third-order valence-corrected chi connectivity index (χ3v) is 3.80. The van der Waals surface area contributed by atoms with E-state index in [9.17, 15) is 8.42 Å². The van der Waals surface area contributed by atoms with Gasteiger partial charge in [-0.15, -0.1) is 12.3 Å². The van der Waals surface area contributed by atoms with Gasteiger partial charge in [-0.25, -0.2) is 13.1 Å². The Hall–Kier alpha value is -1.71. The molecule has 0 fully saturated rings. The zero-order valence-corrected chi connectivity index (χ0v) is 11.6. The molecule has 0 spiro atoms. The van der Waals surface area contributed by atoms with Crippen molar-refractivity contribution in [2.24, 2.45) is 0 Å². The Morgan fingerprint density at radius 1 is 1.47 bits per heavy atom. The Labute approximate surface area is 114 Å². The molecule has 0 aliphatic rings. The Balaban J connectivity index is 2.44. The lowest BCUT2D eigenvalue weighted by Gasteiger charge is -2.12. The molecule has 5 nitrogen and oxygen atoms in total. The molecule has 0 aliphatic carbocycles. The van der Waals surface area contributed by atoms with Gasteiger partial charge in [0, 0.05) is 12.5 Å². The van der Waals surface area contributed by atoms with Crippen LogP contribution in [0.2, 0.25) is 0 Å². The van der Waals surface area contributed by atoms with Gasteiger partial charge >= 0.3 is 0 Å². The fourth-order valence-corrected chi connectivity index (χ4v) is 2.57. The molecule has 1 aromatic carbocycles. The number of para-hydroxylation sites is 2. The first-order valence-corrected chi connectivity index (χ1v) is 7.50. The maximum atomic E-state index is 11.7. The summed E-state index contributed by atoms with van der Waals surface area (Å²) in [6.07, 6.45) is 5.47. The largest absolute Gasteiger partial charge is 0.490 e. The van der Waals surface area contributed by atoms with Crippen LogP contribution in [0.25, 0.3) is 0 Å². The number of nitrogens with one attached hydrogen (secondary N) is 1. The summed E-state index contributed by atoms with van der Waals surface area (Å²) in [6, 6.07) is 6.65. The second-order valence-corrected chi connectivity index (χ2v) is 6.01. The number of hydrogen-bond donors (Lipinski definition) is 2. The topological polar surface area (TPSA) is 81.4 Å². The molecule has 1 aromatic rings. The molecule has 0 saturated carbocycles. The highest BCUT2D eigenvalue weighted by Crippen LogP contribution is 2.19. The molecule has 0 aliphatic heterocycles. The van der Waals surface area contributed by atoms with E-state index in [2.05, 4.69) is 10.6 Å². The minimum atomic E-state index is -3.40. The van der Waals surface area contributed by atoms with E-state index in [1.54, 1.807) is 31.2 Å². The van der Waals surface area contributed by atoms with Crippen LogP contribution in [0, 0.1) is 12.3 Å². The van der Waals surface area contributed by atoms with Gasteiger partial charge in [0.1, 0.15) is 12.4 Å². The molecule has 6 heteroatoms. The lowest BCUT2D eigenvalue weighted by Crippen LogP contribution is -2.35. The summed E-state index contributed by atoms with van der Waals surface area (Å²) in [5.41, 5.74) is 6.16. The fraction of sp³-hybridized carbons (Fsp3) is 0.385. The number of benzene rings is 1. The van der Waals surface area contributed by atoms with Crippen LogP contribution in [-0.4, -0.2) is 26.8 Å². The molecule has 1 unspecified atom stereocenters. The zero-order chi connectivity index (χ0) is 14.3. The van der Waals surface area contributed by atoms with E-state index >= 15 is 0 Å². The van der Waals surface area contributed by atoms with Crippen molar-refractivity contribution in [2.45, 2.75) is 19.4 Å². The third kappa shape index (κ3) is 5.64. The highest BCUT2D eigenvalue weighted by Gasteiger charge is 2.14. The number of nitrogens with two attached hydrogens (primary N) is 1. The summed E-state index contributed by atoms with van der Waals surface area (Å²) in [6.45, 7) is 1.75. The molecule has 104 valence electrons. The molecule has 3 N–H and O–H groups in total. The normalized spacial score (nSPS) is 12.6. The van der Waals surface area contributed by atoms with Gasteiger partial charge in [-0.05, 0) is 19.1 Å². The number of rotatable bonds is 7. The second-order valence-electron chi connectivity index (χ2n) is 4.13. The van der Waals surface area contributed by atoms with Crippen molar-refractivity contribution in [1.29, 1.82) is 0 Å². The summed E-state index contributed by atoms with van der Waals surface area (Å²) in [4.78, 5) is 0. The maximum Gasteiger partial charge on any atom is 0.215 e. The van der Waals surface area contributed by atoms with E-state index in [0.29, 0.717) is 17.9 Å². The SMILES string of the molecule is C#CCC(C)NS(=O)(=O)CCOc1ccccc1N. The quantitative estimate of drug-likeness (QED) is 0.577. The number of ether oxygens (including phenoxy) is 1. The van der Waals surface area contributed by atoms with Gasteiger partial charge < -0.3 is 10.5 Å². The monoisotopic (exact) mass is 282 g/mol. The van der Waals surface area contributed by atoms with Crippen LogP contribution in [0.4, 0.5) is 5.69 Å². The lowest BCUT2D eigenvalue weighted by atomic mass is 10.3. The zero-order valence-electron chi connectivity index (χ0n) is 10.8. The maximum absolute atomic E-state index is 11.7. The van der Waals surface area contributed by atoms with Gasteiger partial charge in [0.15, 0.2) is 0 Å². The third-order valence-electron chi connectivity index (χ3n) is 2.33. The van der Waals surface area contributed by atoms with Gasteiger partial charge in [0.25, 0.3) is 0 Å². The van der Waals surface area contributed by atoms with Crippen molar-refractivity contribution in [3.63, 3.8) is 0 Å². The van der Waals surface area contributed by atoms with Crippen LogP contribution < -0.4 is 15.2 Å². The highest BCUT2D eigenvalue weighted by molar-refractivity contribution is 7.89. The van der Waals surface area contributed by atoms with E-state index < -0.39 is 10.0 Å². The van der Waals surface area contributed by atoms with Crippen LogP contribution in [0.3, 0.4) is 0 Å². The summed E-state index contributed by atoms with van der Waals surface area (Å²) in [5, 5.41) is 0. The number of sulfonamides is 1. The van der Waals surface area contributed by atoms with E-state index in [4.69, 9.17) is 16.9 Å². The molecule has 0 bridgehead atoms. The number of terminal acetylenes is 1. The predicted octanol–water partition coefficient (Wildman–Crippen LogP) is 0.979. The summed E-state index contributed by atoms with van der Waals surface area (Å²) in [7, 11) is -3.40. The highest BCUT2D eigenvalue weighted by atomic mass is 32.2. The van der Waals surface area contributed by atoms with Crippen molar-refractivity contribution in [3.05, 3.63) is 24.3 Å². The van der Waals surface area contributed by atoms with Crippen molar-refractivity contribution < 1.29 is 13.2 Å². The van der Waals surface area contributed by atoms with E-state index in [0.717, 1.165) is 0 Å². The van der Waals surface area contributed by atoms with E-state index in [1.807, 2.05) is 0 Å². The summed E-state index contributed by atoms with van der Waals surface area (Å²) in [5.74, 6) is 2.74. The van der Waals surface area contributed by atoms with Gasteiger partial charge in [-0.2, -0.15) is 0 Å². The Bertz CT molecular complexity index is 549. The van der Waals surface area contributed by atoms with Crippen LogP contribution >= 0.6 is 0 Å². The first-order valence-electron chi connectivity index (χ1n) is 5.85. The summed E-state index contributed by atoms with van der Waals surface area (Å²) < 4.78 is 31.2. The molecule has 0 radical (unpaired) electrons. The lowest BCUT2D eigenvalue weighted by molar-refractivity contribution is 0.342. The van der Waals surface area contributed by atoms with E-state index in [1.165, 1.54) is 0 Å². The molecular weight excluding hydrogens is 264 g/mol. The average molecular weight is 282 g/mol. The van der Waals surface area contributed by atoms with Crippen molar-refractivity contribution in [2.75, 3.05) is 18.1 Å². The Kier molecular flexibility index (Phi) is 5.67. The molecular formula is C13H18N2O3S. The van der Waals surface area contributed by atoms with Crippen LogP contribution in [0.5, 0.6) is 5.75 Å². The van der Waals surface area contributed by atoms with Gasteiger partial charge in [-0.1, -0.05) is 12.1 Å². The summed E-state index contributed by atoms with van der Waals surface area (Å²) >= 11 is 0. The standard InChI is InChI=1S/C13H18N2O3S/c1-3-6-11(2)15-19(16,17)10-9-18-13-8-5-4-7-12(13)14/h1,4-5,7-8,11,15H,6,9-10,14H2,2H3.